The van der Waals surface area contributed by atoms with Crippen molar-refractivity contribution in [3.8, 4) is 0 Å². The quantitative estimate of drug-likeness (QED) is 0.626. The molecule has 1 heterocycles. The van der Waals surface area contributed by atoms with E-state index in [0.29, 0.717) is 0 Å². The Morgan fingerprint density at radius 1 is 1.08 bits per heavy atom. The number of nitrogens with two attached hydrogens (primary N) is 1. The average molecular weight is 166 g/mol. The van der Waals surface area contributed by atoms with Gasteiger partial charge in [-0.25, -0.2) is 4.79 Å². The van der Waals surface area contributed by atoms with Crippen LogP contribution in [0.5, 0.6) is 0 Å². The van der Waals surface area contributed by atoms with E-state index in [1.54, 1.807) is 4.57 Å². The minimum atomic E-state index is -0.402. The molecule has 1 aromatic heterocycles. The molecule has 1 rings (SSSR count). The first-order valence-electron chi connectivity index (χ1n) is 3.91. The maximum atomic E-state index is 11.0. The van der Waals surface area contributed by atoms with Gasteiger partial charge in [-0.2, -0.15) is 0 Å². The standard InChI is InChI=1S/C9H14N2O/c1-5-6(2)8(4)11(7(5)3)9(10)12/h1-4H3,(H2,10,12). The van der Waals surface area contributed by atoms with Crippen molar-refractivity contribution in [2.75, 3.05) is 0 Å². The van der Waals surface area contributed by atoms with Crippen molar-refractivity contribution in [2.24, 2.45) is 5.73 Å². The van der Waals surface area contributed by atoms with Gasteiger partial charge in [0.1, 0.15) is 0 Å². The Bertz CT molecular complexity index is 311. The van der Waals surface area contributed by atoms with Crippen LogP contribution in [0.1, 0.15) is 22.5 Å². The van der Waals surface area contributed by atoms with Crippen LogP contribution in [0.2, 0.25) is 0 Å². The van der Waals surface area contributed by atoms with E-state index in [9.17, 15) is 4.79 Å². The third kappa shape index (κ3) is 1.02. The molecule has 12 heavy (non-hydrogen) atoms. The summed E-state index contributed by atoms with van der Waals surface area (Å²) in [5, 5.41) is 0. The molecule has 0 aromatic carbocycles. The van der Waals surface area contributed by atoms with Gasteiger partial charge in [0.25, 0.3) is 0 Å². The summed E-state index contributed by atoms with van der Waals surface area (Å²) in [7, 11) is 0. The van der Waals surface area contributed by atoms with Crippen LogP contribution in [-0.4, -0.2) is 10.6 Å². The summed E-state index contributed by atoms with van der Waals surface area (Å²) in [5.74, 6) is 0. The first kappa shape index (κ1) is 8.84. The zero-order valence-electron chi connectivity index (χ0n) is 7.93. The molecular formula is C9H14N2O. The highest BCUT2D eigenvalue weighted by Gasteiger charge is 2.13. The lowest BCUT2D eigenvalue weighted by atomic mass is 10.2. The van der Waals surface area contributed by atoms with E-state index < -0.39 is 6.03 Å². The smallest absolute Gasteiger partial charge is 0.323 e. The zero-order valence-corrected chi connectivity index (χ0v) is 7.93. The van der Waals surface area contributed by atoms with Gasteiger partial charge in [-0.15, -0.1) is 0 Å². The van der Waals surface area contributed by atoms with Crippen molar-refractivity contribution < 1.29 is 4.79 Å². The molecule has 0 radical (unpaired) electrons. The predicted molar refractivity (Wildman–Crippen MR) is 48.4 cm³/mol. The number of rotatable bonds is 0. The fraction of sp³-hybridized carbons (Fsp3) is 0.444. The molecule has 0 unspecified atom stereocenters. The van der Waals surface area contributed by atoms with E-state index >= 15 is 0 Å². The fourth-order valence-corrected chi connectivity index (χ4v) is 1.46. The summed E-state index contributed by atoms with van der Waals surface area (Å²) < 4.78 is 1.55. The monoisotopic (exact) mass is 166 g/mol. The molecule has 0 aliphatic carbocycles. The maximum absolute atomic E-state index is 11.0. The van der Waals surface area contributed by atoms with Gasteiger partial charge in [-0.1, -0.05) is 0 Å². The summed E-state index contributed by atoms with van der Waals surface area (Å²) >= 11 is 0. The molecule has 0 spiro atoms. The first-order valence-corrected chi connectivity index (χ1v) is 3.91. The Morgan fingerprint density at radius 3 is 1.58 bits per heavy atom. The van der Waals surface area contributed by atoms with Crippen LogP contribution < -0.4 is 5.73 Å². The number of primary amides is 1. The van der Waals surface area contributed by atoms with Crippen LogP contribution in [0, 0.1) is 27.7 Å². The largest absolute Gasteiger partial charge is 0.351 e. The zero-order chi connectivity index (χ0) is 9.46. The summed E-state index contributed by atoms with van der Waals surface area (Å²) in [5.41, 5.74) is 9.40. The van der Waals surface area contributed by atoms with Gasteiger partial charge in [0.15, 0.2) is 0 Å². The number of nitrogens with zero attached hydrogens (tertiary/aromatic N) is 1. The van der Waals surface area contributed by atoms with Crippen molar-refractivity contribution in [1.29, 1.82) is 0 Å². The minimum absolute atomic E-state index is 0.402. The Labute approximate surface area is 72.2 Å². The molecule has 0 aliphatic heterocycles. The van der Waals surface area contributed by atoms with E-state index in [2.05, 4.69) is 0 Å². The molecule has 0 fully saturated rings. The molecule has 1 aromatic rings. The van der Waals surface area contributed by atoms with Crippen LogP contribution in [0.3, 0.4) is 0 Å². The van der Waals surface area contributed by atoms with E-state index in [-0.39, 0.29) is 0 Å². The Balaban J connectivity index is 3.48. The predicted octanol–water partition coefficient (Wildman–Crippen LogP) is 1.65. The molecule has 3 nitrogen and oxygen atoms in total. The first-order chi connectivity index (χ1) is 5.46. The van der Waals surface area contributed by atoms with Crippen LogP contribution >= 0.6 is 0 Å². The van der Waals surface area contributed by atoms with Gasteiger partial charge < -0.3 is 5.73 Å². The molecule has 3 heteroatoms. The maximum Gasteiger partial charge on any atom is 0.323 e. The highest BCUT2D eigenvalue weighted by atomic mass is 16.2. The molecule has 0 aliphatic rings. The molecule has 0 bridgehead atoms. The number of carbonyl (C=O) groups is 1. The summed E-state index contributed by atoms with van der Waals surface area (Å²) in [6.45, 7) is 7.80. The van der Waals surface area contributed by atoms with E-state index in [0.717, 1.165) is 22.5 Å². The number of aromatic nitrogens is 1. The Hall–Kier alpha value is -1.25. The fourth-order valence-electron chi connectivity index (χ4n) is 1.46. The van der Waals surface area contributed by atoms with E-state index in [4.69, 9.17) is 5.73 Å². The third-order valence-corrected chi connectivity index (χ3v) is 2.54. The minimum Gasteiger partial charge on any atom is -0.351 e. The third-order valence-electron chi connectivity index (χ3n) is 2.54. The van der Waals surface area contributed by atoms with E-state index in [1.807, 2.05) is 27.7 Å². The van der Waals surface area contributed by atoms with Crippen LogP contribution in [0.4, 0.5) is 4.79 Å². The SMILES string of the molecule is Cc1c(C)c(C)n(C(N)=O)c1C. The van der Waals surface area contributed by atoms with Crippen LogP contribution in [0.25, 0.3) is 0 Å². The second kappa shape index (κ2) is 2.66. The van der Waals surface area contributed by atoms with Crippen molar-refractivity contribution in [1.82, 2.24) is 4.57 Å². The highest BCUT2D eigenvalue weighted by molar-refractivity contribution is 5.77. The summed E-state index contributed by atoms with van der Waals surface area (Å²) in [6.07, 6.45) is 0. The van der Waals surface area contributed by atoms with Gasteiger partial charge in [-0.3, -0.25) is 4.57 Å². The topological polar surface area (TPSA) is 48.0 Å². The molecule has 0 atom stereocenters. The van der Waals surface area contributed by atoms with E-state index in [1.165, 1.54) is 0 Å². The molecule has 2 N–H and O–H groups in total. The lowest BCUT2D eigenvalue weighted by Crippen LogP contribution is -2.21. The van der Waals surface area contributed by atoms with Crippen molar-refractivity contribution >= 4 is 6.03 Å². The molecule has 0 saturated heterocycles. The van der Waals surface area contributed by atoms with Crippen LogP contribution in [0.15, 0.2) is 0 Å². The highest BCUT2D eigenvalue weighted by Crippen LogP contribution is 2.19. The number of hydrogen-bond donors (Lipinski definition) is 1. The van der Waals surface area contributed by atoms with Crippen molar-refractivity contribution in [3.63, 3.8) is 0 Å². The molecule has 66 valence electrons. The average Bonchev–Trinajstić information content (AvgIpc) is 2.16. The van der Waals surface area contributed by atoms with Gasteiger partial charge in [0, 0.05) is 11.4 Å². The van der Waals surface area contributed by atoms with Crippen molar-refractivity contribution in [3.05, 3.63) is 22.5 Å². The number of carbonyl (C=O) groups excluding carboxylic acids is 1. The molecular weight excluding hydrogens is 152 g/mol. The van der Waals surface area contributed by atoms with Crippen molar-refractivity contribution in [2.45, 2.75) is 27.7 Å². The Morgan fingerprint density at radius 2 is 1.42 bits per heavy atom. The van der Waals surface area contributed by atoms with Gasteiger partial charge in [0.05, 0.1) is 0 Å². The Kier molecular flexibility index (Phi) is 1.96. The summed E-state index contributed by atoms with van der Waals surface area (Å²) in [6, 6.07) is -0.402. The van der Waals surface area contributed by atoms with Crippen LogP contribution in [-0.2, 0) is 0 Å². The van der Waals surface area contributed by atoms with Gasteiger partial charge in [-0.05, 0) is 38.8 Å². The van der Waals surface area contributed by atoms with Gasteiger partial charge in [0.2, 0.25) is 0 Å². The number of hydrogen-bond acceptors (Lipinski definition) is 1. The number of amides is 1. The second-order valence-corrected chi connectivity index (χ2v) is 3.09. The normalized spacial score (nSPS) is 10.3. The molecule has 0 saturated carbocycles. The second-order valence-electron chi connectivity index (χ2n) is 3.09. The lowest BCUT2D eigenvalue weighted by Gasteiger charge is -2.02. The molecule has 1 amide bonds. The summed E-state index contributed by atoms with van der Waals surface area (Å²) in [4.78, 5) is 11.0. The lowest BCUT2D eigenvalue weighted by molar-refractivity contribution is 0.249. The van der Waals surface area contributed by atoms with Gasteiger partial charge >= 0.3 is 6.03 Å².